The van der Waals surface area contributed by atoms with Crippen LogP contribution in [-0.2, 0) is 11.2 Å². The molecule has 0 amide bonds. The van der Waals surface area contributed by atoms with E-state index < -0.39 is 5.97 Å². The maximum atomic E-state index is 11.4. The van der Waals surface area contributed by atoms with Gasteiger partial charge in [0.1, 0.15) is 4.88 Å². The first-order chi connectivity index (χ1) is 9.10. The Morgan fingerprint density at radius 1 is 1.63 bits per heavy atom. The lowest BCUT2D eigenvalue weighted by molar-refractivity contribution is 0.0607. The largest absolute Gasteiger partial charge is 0.465 e. The van der Waals surface area contributed by atoms with Gasteiger partial charge in [-0.15, -0.1) is 11.3 Å². The molecule has 8 heteroatoms. The van der Waals surface area contributed by atoms with Crippen LogP contribution in [0, 0.1) is 6.92 Å². The summed E-state index contributed by atoms with van der Waals surface area (Å²) in [7, 11) is 1.33. The predicted octanol–water partition coefficient (Wildman–Crippen LogP) is 1.46. The summed E-state index contributed by atoms with van der Waals surface area (Å²) in [6.45, 7) is 2.38. The van der Waals surface area contributed by atoms with E-state index in [1.807, 2.05) is 0 Å². The summed E-state index contributed by atoms with van der Waals surface area (Å²) in [6, 6.07) is 1.70. The van der Waals surface area contributed by atoms with Gasteiger partial charge < -0.3 is 20.3 Å². The van der Waals surface area contributed by atoms with Crippen LogP contribution in [0.2, 0.25) is 0 Å². The fourth-order valence-corrected chi connectivity index (χ4v) is 2.40. The molecule has 0 atom stereocenters. The lowest BCUT2D eigenvalue weighted by Gasteiger charge is -1.99. The number of carbonyl (C=O) groups excluding carboxylic acids is 1. The third-order valence-electron chi connectivity index (χ3n) is 2.34. The van der Waals surface area contributed by atoms with Crippen molar-refractivity contribution >= 4 is 28.0 Å². The zero-order valence-electron chi connectivity index (χ0n) is 10.6. The quantitative estimate of drug-likeness (QED) is 0.800. The second-order valence-electron chi connectivity index (χ2n) is 3.80. The number of anilines is 2. The van der Waals surface area contributed by atoms with Crippen LogP contribution in [-0.4, -0.2) is 29.8 Å². The van der Waals surface area contributed by atoms with Gasteiger partial charge in [0, 0.05) is 13.0 Å². The number of carbonyl (C=O) groups is 1. The van der Waals surface area contributed by atoms with E-state index in [0.29, 0.717) is 35.2 Å². The highest BCUT2D eigenvalue weighted by Crippen LogP contribution is 2.29. The van der Waals surface area contributed by atoms with E-state index in [9.17, 15) is 4.79 Å². The Balaban J connectivity index is 1.91. The summed E-state index contributed by atoms with van der Waals surface area (Å²) < 4.78 is 9.63. The number of nitrogens with two attached hydrogens (primary N) is 1. The molecule has 0 aliphatic heterocycles. The lowest BCUT2D eigenvalue weighted by Crippen LogP contribution is -2.03. The molecule has 0 spiro atoms. The van der Waals surface area contributed by atoms with Gasteiger partial charge in [-0.25, -0.2) is 4.79 Å². The van der Waals surface area contributed by atoms with E-state index in [4.69, 9.17) is 10.3 Å². The van der Waals surface area contributed by atoms with Crippen molar-refractivity contribution in [3.05, 3.63) is 22.7 Å². The minimum atomic E-state index is -0.428. The molecule has 102 valence electrons. The van der Waals surface area contributed by atoms with Crippen molar-refractivity contribution < 1.29 is 14.1 Å². The summed E-state index contributed by atoms with van der Waals surface area (Å²) in [6.07, 6.45) is 0.603. The molecule has 0 bridgehead atoms. The molecule has 2 aromatic heterocycles. The molecule has 0 radical (unpaired) electrons. The van der Waals surface area contributed by atoms with Crippen LogP contribution in [0.4, 0.5) is 10.7 Å². The summed E-state index contributed by atoms with van der Waals surface area (Å²) in [5.74, 6) is 0.758. The number of nitrogens with one attached hydrogen (secondary N) is 1. The van der Waals surface area contributed by atoms with Crippen LogP contribution >= 0.6 is 11.3 Å². The predicted molar refractivity (Wildman–Crippen MR) is 71.3 cm³/mol. The average molecular weight is 282 g/mol. The number of esters is 1. The molecular formula is C11H14N4O3S. The topological polar surface area (TPSA) is 103 Å². The molecule has 0 aliphatic carbocycles. The number of hydrogen-bond acceptors (Lipinski definition) is 8. The average Bonchev–Trinajstić information content (AvgIpc) is 2.95. The first kappa shape index (κ1) is 13.3. The Hall–Kier alpha value is -2.09. The number of aromatic nitrogens is 2. The van der Waals surface area contributed by atoms with E-state index in [0.717, 1.165) is 5.00 Å². The number of nitrogens with zero attached hydrogens (tertiary/aromatic N) is 2. The second-order valence-corrected chi connectivity index (χ2v) is 4.85. The Bertz CT molecular complexity index is 578. The summed E-state index contributed by atoms with van der Waals surface area (Å²) in [4.78, 5) is 15.9. The number of nitrogen functional groups attached to an aromatic ring is 1. The molecule has 2 aromatic rings. The highest BCUT2D eigenvalue weighted by atomic mass is 32.1. The van der Waals surface area contributed by atoms with Crippen LogP contribution in [0.5, 0.6) is 0 Å². The molecule has 2 heterocycles. The van der Waals surface area contributed by atoms with Crippen LogP contribution in [0.25, 0.3) is 0 Å². The lowest BCUT2D eigenvalue weighted by atomic mass is 10.4. The number of rotatable bonds is 5. The maximum Gasteiger partial charge on any atom is 0.350 e. The van der Waals surface area contributed by atoms with Gasteiger partial charge in [-0.3, -0.25) is 0 Å². The van der Waals surface area contributed by atoms with Crippen LogP contribution in [0.15, 0.2) is 10.6 Å². The minimum Gasteiger partial charge on any atom is -0.465 e. The normalized spacial score (nSPS) is 10.4. The zero-order valence-corrected chi connectivity index (χ0v) is 11.4. The third-order valence-corrected chi connectivity index (χ3v) is 3.43. The third kappa shape index (κ3) is 3.22. The Morgan fingerprint density at radius 3 is 3.05 bits per heavy atom. The van der Waals surface area contributed by atoms with Crippen molar-refractivity contribution in [1.29, 1.82) is 0 Å². The molecular weight excluding hydrogens is 268 g/mol. The number of hydrogen-bond donors (Lipinski definition) is 2. The number of ether oxygens (including phenoxy) is 1. The van der Waals surface area contributed by atoms with Gasteiger partial charge in [0.25, 0.3) is 0 Å². The van der Waals surface area contributed by atoms with Crippen molar-refractivity contribution in [3.8, 4) is 0 Å². The van der Waals surface area contributed by atoms with Crippen molar-refractivity contribution in [2.24, 2.45) is 0 Å². The molecule has 0 saturated heterocycles. The van der Waals surface area contributed by atoms with Crippen molar-refractivity contribution in [2.45, 2.75) is 13.3 Å². The standard InChI is InChI=1S/C11H14N4O3S/c1-6-14-8(18-15-6)3-4-13-9-5-7(12)10(19-9)11(16)17-2/h5,13H,3-4,12H2,1-2H3. The van der Waals surface area contributed by atoms with Gasteiger partial charge in [-0.2, -0.15) is 4.98 Å². The summed E-state index contributed by atoms with van der Waals surface area (Å²) in [5.41, 5.74) is 6.14. The van der Waals surface area contributed by atoms with Gasteiger partial charge in [-0.05, 0) is 13.0 Å². The monoisotopic (exact) mass is 282 g/mol. The molecule has 0 saturated carbocycles. The van der Waals surface area contributed by atoms with Crippen molar-refractivity contribution in [2.75, 3.05) is 24.7 Å². The van der Waals surface area contributed by atoms with Gasteiger partial charge in [0.2, 0.25) is 5.89 Å². The number of thiophene rings is 1. The minimum absolute atomic E-state index is 0.402. The smallest absolute Gasteiger partial charge is 0.350 e. The Kier molecular flexibility index (Phi) is 4.00. The van der Waals surface area contributed by atoms with Crippen LogP contribution in [0.3, 0.4) is 0 Å². The first-order valence-corrected chi connectivity index (χ1v) is 6.42. The molecule has 19 heavy (non-hydrogen) atoms. The van der Waals surface area contributed by atoms with Gasteiger partial charge in [-0.1, -0.05) is 5.16 Å². The fourth-order valence-electron chi connectivity index (χ4n) is 1.48. The molecule has 0 fully saturated rings. The van der Waals surface area contributed by atoms with Gasteiger partial charge >= 0.3 is 5.97 Å². The zero-order chi connectivity index (χ0) is 13.8. The van der Waals surface area contributed by atoms with Gasteiger partial charge in [0.05, 0.1) is 17.8 Å². The van der Waals surface area contributed by atoms with E-state index in [1.54, 1.807) is 13.0 Å². The molecule has 7 nitrogen and oxygen atoms in total. The maximum absolute atomic E-state index is 11.4. The molecule has 3 N–H and O–H groups in total. The van der Waals surface area contributed by atoms with Crippen LogP contribution < -0.4 is 11.1 Å². The van der Waals surface area contributed by atoms with E-state index >= 15 is 0 Å². The SMILES string of the molecule is COC(=O)c1sc(NCCc2nc(C)no2)cc1N. The molecule has 0 unspecified atom stereocenters. The first-order valence-electron chi connectivity index (χ1n) is 5.61. The fraction of sp³-hybridized carbons (Fsp3) is 0.364. The highest BCUT2D eigenvalue weighted by molar-refractivity contribution is 7.18. The second kappa shape index (κ2) is 5.70. The number of methoxy groups -OCH3 is 1. The van der Waals surface area contributed by atoms with Crippen LogP contribution in [0.1, 0.15) is 21.4 Å². The molecule has 2 rings (SSSR count). The van der Waals surface area contributed by atoms with Crippen molar-refractivity contribution in [3.63, 3.8) is 0 Å². The van der Waals surface area contributed by atoms with Gasteiger partial charge in [0.15, 0.2) is 5.82 Å². The van der Waals surface area contributed by atoms with Crippen molar-refractivity contribution in [1.82, 2.24) is 10.1 Å². The van der Waals surface area contributed by atoms with E-state index in [2.05, 4.69) is 20.2 Å². The Labute approximate surface area is 113 Å². The Morgan fingerprint density at radius 2 is 2.42 bits per heavy atom. The number of aryl methyl sites for hydroxylation is 1. The summed E-state index contributed by atoms with van der Waals surface area (Å²) in [5, 5.41) is 7.65. The highest BCUT2D eigenvalue weighted by Gasteiger charge is 2.14. The summed E-state index contributed by atoms with van der Waals surface area (Å²) >= 11 is 1.26. The van der Waals surface area contributed by atoms with E-state index in [1.165, 1.54) is 18.4 Å². The molecule has 0 aliphatic rings. The molecule has 0 aromatic carbocycles. The van der Waals surface area contributed by atoms with E-state index in [-0.39, 0.29) is 0 Å².